The standard InChI is InChI=1S/C29H33N3O2S/c1-18-13-22(17-29(3,4)16-18)32-24-12-11-21(28(33)34-5)14-23(24)31-26(32)15-25-19(2)30-27(35-25)20-9-7-6-8-10-20/h6-12,14,18,22H,13,15-17H2,1-5H3. The molecule has 0 N–H and O–H groups in total. The van der Waals surface area contributed by atoms with Crippen LogP contribution in [0.3, 0.4) is 0 Å². The molecule has 1 saturated carbocycles. The number of hydrogen-bond donors (Lipinski definition) is 0. The van der Waals surface area contributed by atoms with Crippen LogP contribution in [0.15, 0.2) is 48.5 Å². The Morgan fingerprint density at radius 2 is 1.91 bits per heavy atom. The van der Waals surface area contributed by atoms with Gasteiger partial charge in [-0.05, 0) is 55.7 Å². The normalized spacial score (nSPS) is 19.7. The van der Waals surface area contributed by atoms with Crippen molar-refractivity contribution in [3.05, 3.63) is 70.5 Å². The SMILES string of the molecule is COC(=O)c1ccc2c(c1)nc(Cc1sc(-c3ccccc3)nc1C)n2C1CC(C)CC(C)(C)C1. The van der Waals surface area contributed by atoms with E-state index >= 15 is 0 Å². The molecule has 2 heterocycles. The summed E-state index contributed by atoms with van der Waals surface area (Å²) in [7, 11) is 1.42. The van der Waals surface area contributed by atoms with Crippen LogP contribution in [-0.4, -0.2) is 27.6 Å². The van der Waals surface area contributed by atoms with Crippen molar-refractivity contribution in [1.29, 1.82) is 0 Å². The van der Waals surface area contributed by atoms with Gasteiger partial charge >= 0.3 is 5.97 Å². The van der Waals surface area contributed by atoms with Crippen LogP contribution in [0.2, 0.25) is 0 Å². The summed E-state index contributed by atoms with van der Waals surface area (Å²) in [5, 5.41) is 1.04. The highest BCUT2D eigenvalue weighted by Gasteiger charge is 2.34. The zero-order valence-electron chi connectivity index (χ0n) is 21.2. The van der Waals surface area contributed by atoms with Crippen molar-refractivity contribution >= 4 is 28.3 Å². The highest BCUT2D eigenvalue weighted by atomic mass is 32.1. The summed E-state index contributed by atoms with van der Waals surface area (Å²) < 4.78 is 7.41. The van der Waals surface area contributed by atoms with E-state index in [9.17, 15) is 4.79 Å². The van der Waals surface area contributed by atoms with Crippen molar-refractivity contribution in [3.63, 3.8) is 0 Å². The van der Waals surface area contributed by atoms with E-state index in [-0.39, 0.29) is 11.4 Å². The minimum absolute atomic E-state index is 0.281. The summed E-state index contributed by atoms with van der Waals surface area (Å²) in [6.07, 6.45) is 4.22. The molecule has 2 unspecified atom stereocenters. The maximum Gasteiger partial charge on any atom is 0.337 e. The lowest BCUT2D eigenvalue weighted by Gasteiger charge is -2.40. The molecule has 5 rings (SSSR count). The fourth-order valence-corrected chi connectivity index (χ4v) is 6.92. The van der Waals surface area contributed by atoms with Crippen molar-refractivity contribution in [3.8, 4) is 10.6 Å². The van der Waals surface area contributed by atoms with Crippen molar-refractivity contribution < 1.29 is 9.53 Å². The van der Waals surface area contributed by atoms with Crippen molar-refractivity contribution in [1.82, 2.24) is 14.5 Å². The van der Waals surface area contributed by atoms with Gasteiger partial charge in [0.05, 0.1) is 29.4 Å². The highest BCUT2D eigenvalue weighted by Crippen LogP contribution is 2.45. The number of aryl methyl sites for hydroxylation is 1. The van der Waals surface area contributed by atoms with E-state index in [2.05, 4.69) is 56.5 Å². The molecular weight excluding hydrogens is 454 g/mol. The Labute approximate surface area is 211 Å². The Morgan fingerprint density at radius 3 is 2.63 bits per heavy atom. The molecular formula is C29H33N3O2S. The molecule has 2 aromatic carbocycles. The second-order valence-electron chi connectivity index (χ2n) is 10.7. The number of carbonyl (C=O) groups excluding carboxylic acids is 1. The van der Waals surface area contributed by atoms with Gasteiger partial charge in [0.15, 0.2) is 0 Å². The molecule has 0 bridgehead atoms. The minimum atomic E-state index is -0.332. The molecule has 0 amide bonds. The maximum absolute atomic E-state index is 12.2. The van der Waals surface area contributed by atoms with Crippen LogP contribution < -0.4 is 0 Å². The lowest BCUT2D eigenvalue weighted by molar-refractivity contribution is 0.0601. The van der Waals surface area contributed by atoms with Crippen LogP contribution in [0.1, 0.15) is 72.8 Å². The maximum atomic E-state index is 12.2. The zero-order chi connectivity index (χ0) is 24.7. The van der Waals surface area contributed by atoms with Crippen LogP contribution in [0.5, 0.6) is 0 Å². The lowest BCUT2D eigenvalue weighted by atomic mass is 9.70. The van der Waals surface area contributed by atoms with Crippen LogP contribution in [0, 0.1) is 18.3 Å². The number of methoxy groups -OCH3 is 1. The molecule has 1 fully saturated rings. The molecule has 0 spiro atoms. The Bertz CT molecular complexity index is 1370. The molecule has 2 aromatic heterocycles. The third-order valence-electron chi connectivity index (χ3n) is 7.14. The zero-order valence-corrected chi connectivity index (χ0v) is 22.0. The summed E-state index contributed by atoms with van der Waals surface area (Å²) >= 11 is 1.75. The van der Waals surface area contributed by atoms with Crippen molar-refractivity contribution in [2.24, 2.45) is 11.3 Å². The molecule has 35 heavy (non-hydrogen) atoms. The number of carbonyl (C=O) groups is 1. The second-order valence-corrected chi connectivity index (χ2v) is 11.8. The highest BCUT2D eigenvalue weighted by molar-refractivity contribution is 7.15. The third-order valence-corrected chi connectivity index (χ3v) is 8.35. The molecule has 0 radical (unpaired) electrons. The Balaban J connectivity index is 1.59. The number of rotatable bonds is 5. The summed E-state index contributed by atoms with van der Waals surface area (Å²) in [6, 6.07) is 16.5. The molecule has 0 saturated heterocycles. The molecule has 1 aliphatic carbocycles. The van der Waals surface area contributed by atoms with Crippen molar-refractivity contribution in [2.45, 2.75) is 59.4 Å². The fraction of sp³-hybridized carbons (Fsp3) is 0.414. The quantitative estimate of drug-likeness (QED) is 0.279. The smallest absolute Gasteiger partial charge is 0.337 e. The fourth-order valence-electron chi connectivity index (χ4n) is 5.86. The lowest BCUT2D eigenvalue weighted by Crippen LogP contribution is -2.30. The number of fused-ring (bicyclic) bond motifs is 1. The van der Waals surface area contributed by atoms with E-state index in [1.54, 1.807) is 11.3 Å². The molecule has 6 heteroatoms. The first-order chi connectivity index (χ1) is 16.7. The average Bonchev–Trinajstić information content (AvgIpc) is 3.37. The van der Waals surface area contributed by atoms with Gasteiger partial charge in [-0.3, -0.25) is 0 Å². The van der Waals surface area contributed by atoms with E-state index in [0.29, 0.717) is 17.5 Å². The van der Waals surface area contributed by atoms with Gasteiger partial charge in [0.25, 0.3) is 0 Å². The molecule has 1 aliphatic rings. The van der Waals surface area contributed by atoms with E-state index in [0.717, 1.165) is 52.4 Å². The number of aromatic nitrogens is 3. The molecule has 182 valence electrons. The number of hydrogen-bond acceptors (Lipinski definition) is 5. The van der Waals surface area contributed by atoms with E-state index in [1.165, 1.54) is 18.4 Å². The number of nitrogens with zero attached hydrogens (tertiary/aromatic N) is 3. The van der Waals surface area contributed by atoms with Gasteiger partial charge in [-0.15, -0.1) is 11.3 Å². The van der Waals surface area contributed by atoms with E-state index < -0.39 is 0 Å². The van der Waals surface area contributed by atoms with Crippen LogP contribution >= 0.6 is 11.3 Å². The Hall–Kier alpha value is -2.99. The third kappa shape index (κ3) is 4.76. The minimum Gasteiger partial charge on any atom is -0.465 e. The topological polar surface area (TPSA) is 57.0 Å². The van der Waals surface area contributed by atoms with Gasteiger partial charge in [-0.1, -0.05) is 51.1 Å². The van der Waals surface area contributed by atoms with E-state index in [1.807, 2.05) is 24.3 Å². The van der Waals surface area contributed by atoms with Crippen molar-refractivity contribution in [2.75, 3.05) is 7.11 Å². The van der Waals surface area contributed by atoms with Gasteiger partial charge in [0.2, 0.25) is 0 Å². The van der Waals surface area contributed by atoms with Crippen LogP contribution in [-0.2, 0) is 11.2 Å². The summed E-state index contributed by atoms with van der Waals surface area (Å²) in [5.41, 5.74) is 4.96. The number of benzene rings is 2. The first-order valence-corrected chi connectivity index (χ1v) is 13.2. The number of ether oxygens (including phenoxy) is 1. The van der Waals surface area contributed by atoms with Gasteiger partial charge in [-0.25, -0.2) is 14.8 Å². The predicted octanol–water partition coefficient (Wildman–Crippen LogP) is 7.23. The predicted molar refractivity (Wildman–Crippen MR) is 142 cm³/mol. The first-order valence-electron chi connectivity index (χ1n) is 12.3. The molecule has 5 nitrogen and oxygen atoms in total. The summed E-state index contributed by atoms with van der Waals surface area (Å²) in [6.45, 7) is 9.21. The van der Waals surface area contributed by atoms with Gasteiger partial charge in [0, 0.05) is 22.9 Å². The summed E-state index contributed by atoms with van der Waals surface area (Å²) in [5.74, 6) is 1.36. The molecule has 2 atom stereocenters. The Kier molecular flexibility index (Phi) is 6.26. The average molecular weight is 488 g/mol. The van der Waals surface area contributed by atoms with Gasteiger partial charge in [-0.2, -0.15) is 0 Å². The van der Waals surface area contributed by atoms with Crippen LogP contribution in [0.25, 0.3) is 21.6 Å². The number of thiazole rings is 1. The number of imidazole rings is 1. The monoisotopic (exact) mass is 487 g/mol. The number of esters is 1. The first kappa shape index (κ1) is 23.7. The van der Waals surface area contributed by atoms with E-state index in [4.69, 9.17) is 14.7 Å². The second kappa shape index (κ2) is 9.23. The van der Waals surface area contributed by atoms with Gasteiger partial charge < -0.3 is 9.30 Å². The largest absolute Gasteiger partial charge is 0.465 e. The summed E-state index contributed by atoms with van der Waals surface area (Å²) in [4.78, 5) is 23.4. The van der Waals surface area contributed by atoms with Crippen LogP contribution in [0.4, 0.5) is 0 Å². The molecule has 4 aromatic rings. The van der Waals surface area contributed by atoms with Gasteiger partial charge in [0.1, 0.15) is 10.8 Å². The molecule has 0 aliphatic heterocycles. The Morgan fingerprint density at radius 1 is 1.14 bits per heavy atom.